The van der Waals surface area contributed by atoms with Crippen LogP contribution < -0.4 is 0 Å². The molecule has 258 valence electrons. The lowest BCUT2D eigenvalue weighted by molar-refractivity contribution is 0.544. The van der Waals surface area contributed by atoms with Gasteiger partial charge < -0.3 is 0 Å². The second kappa shape index (κ2) is 23.9. The second-order valence-corrected chi connectivity index (χ2v) is 18.3. The summed E-state index contributed by atoms with van der Waals surface area (Å²) in [5.41, 5.74) is 3.21. The molecule has 0 radical (unpaired) electrons. The molecule has 4 heterocycles. The summed E-state index contributed by atoms with van der Waals surface area (Å²) in [6.07, 6.45) is 42.0. The number of thiophene rings is 2. The molecule has 2 aromatic heterocycles. The van der Waals surface area contributed by atoms with Crippen molar-refractivity contribution in [1.82, 2.24) is 0 Å². The maximum absolute atomic E-state index is 2.61. The largest absolute Gasteiger partial charge is 0.143 e. The maximum atomic E-state index is 2.61. The number of fused-ring (bicyclic) bond motifs is 1. The van der Waals surface area contributed by atoms with Gasteiger partial charge in [0.25, 0.3) is 0 Å². The van der Waals surface area contributed by atoms with E-state index in [9.17, 15) is 0 Å². The van der Waals surface area contributed by atoms with Crippen molar-refractivity contribution in [2.24, 2.45) is 0 Å². The van der Waals surface area contributed by atoms with Gasteiger partial charge in [0.05, 0.1) is 0 Å². The SMILES string of the molecule is CCCCCCCCCCCCCCc1ccsc1C1=CC2SC(c3sccc3CCCCCCCCCCCCCC)=CC2S1. The zero-order valence-corrected chi connectivity index (χ0v) is 32.9. The number of hydrogen-bond acceptors (Lipinski definition) is 4. The highest BCUT2D eigenvalue weighted by molar-refractivity contribution is 8.14. The van der Waals surface area contributed by atoms with Crippen molar-refractivity contribution in [3.8, 4) is 0 Å². The monoisotopic (exact) mass is 698 g/mol. The molecular formula is C42H66S4. The normalized spacial score (nSPS) is 17.5. The van der Waals surface area contributed by atoms with Gasteiger partial charge in [-0.2, -0.15) is 0 Å². The smallest absolute Gasteiger partial charge is 0.0447 e. The summed E-state index contributed by atoms with van der Waals surface area (Å²) in [4.78, 5) is 6.26. The van der Waals surface area contributed by atoms with Crippen LogP contribution in [0, 0.1) is 0 Å². The van der Waals surface area contributed by atoms with E-state index in [-0.39, 0.29) is 0 Å². The molecule has 0 nitrogen and oxygen atoms in total. The Hall–Kier alpha value is -0.420. The Morgan fingerprint density at radius 2 is 0.717 bits per heavy atom. The molecule has 2 unspecified atom stereocenters. The molecule has 0 amide bonds. The van der Waals surface area contributed by atoms with Gasteiger partial charge in [-0.05, 0) is 59.7 Å². The zero-order valence-electron chi connectivity index (χ0n) is 29.6. The minimum atomic E-state index is 0.609. The molecule has 2 aliphatic heterocycles. The molecule has 0 aromatic carbocycles. The van der Waals surface area contributed by atoms with Gasteiger partial charge in [-0.3, -0.25) is 0 Å². The number of thioether (sulfide) groups is 2. The average Bonchev–Trinajstić information content (AvgIpc) is 3.86. The van der Waals surface area contributed by atoms with Crippen molar-refractivity contribution in [3.05, 3.63) is 55.9 Å². The lowest BCUT2D eigenvalue weighted by Crippen LogP contribution is -2.04. The quantitative estimate of drug-likeness (QED) is 0.0811. The molecule has 4 rings (SSSR count). The van der Waals surface area contributed by atoms with Crippen LogP contribution in [0.4, 0.5) is 0 Å². The highest BCUT2D eigenvalue weighted by atomic mass is 32.2. The number of aryl methyl sites for hydroxylation is 2. The first-order chi connectivity index (χ1) is 22.8. The molecule has 0 spiro atoms. The predicted molar refractivity (Wildman–Crippen MR) is 217 cm³/mol. The van der Waals surface area contributed by atoms with Gasteiger partial charge in [-0.1, -0.05) is 167 Å². The third-order valence-corrected chi connectivity index (χ3v) is 15.0. The second-order valence-electron chi connectivity index (χ2n) is 14.1. The molecular weight excluding hydrogens is 633 g/mol. The molecule has 0 fully saturated rings. The zero-order chi connectivity index (χ0) is 32.1. The van der Waals surface area contributed by atoms with E-state index >= 15 is 0 Å². The molecule has 4 heteroatoms. The number of hydrogen-bond donors (Lipinski definition) is 0. The van der Waals surface area contributed by atoms with Crippen LogP contribution in [-0.2, 0) is 12.8 Å². The van der Waals surface area contributed by atoms with Gasteiger partial charge in [0.15, 0.2) is 0 Å². The van der Waals surface area contributed by atoms with E-state index in [2.05, 4.69) is 72.4 Å². The van der Waals surface area contributed by atoms with Crippen molar-refractivity contribution in [2.45, 2.75) is 191 Å². The Morgan fingerprint density at radius 3 is 1.04 bits per heavy atom. The molecule has 2 aromatic rings. The Kier molecular flexibility index (Phi) is 19.9. The molecule has 0 aliphatic carbocycles. The molecule has 0 saturated heterocycles. The van der Waals surface area contributed by atoms with Crippen LogP contribution in [0.5, 0.6) is 0 Å². The number of rotatable bonds is 28. The predicted octanol–water partition coefficient (Wildman–Crippen LogP) is 15.9. The van der Waals surface area contributed by atoms with Crippen molar-refractivity contribution in [3.63, 3.8) is 0 Å². The van der Waals surface area contributed by atoms with E-state index in [1.54, 1.807) is 30.7 Å². The van der Waals surface area contributed by atoms with Gasteiger partial charge in [-0.15, -0.1) is 46.2 Å². The lowest BCUT2D eigenvalue weighted by atomic mass is 10.0. The van der Waals surface area contributed by atoms with E-state index in [1.807, 2.05) is 22.7 Å². The summed E-state index contributed by atoms with van der Waals surface area (Å²) in [7, 11) is 0. The highest BCUT2D eigenvalue weighted by Gasteiger charge is 2.35. The average molecular weight is 699 g/mol. The Morgan fingerprint density at radius 1 is 0.413 bits per heavy atom. The summed E-state index contributed by atoms with van der Waals surface area (Å²) < 4.78 is 0. The Balaban J connectivity index is 1.08. The van der Waals surface area contributed by atoms with Gasteiger partial charge in [-0.25, -0.2) is 0 Å². The van der Waals surface area contributed by atoms with Crippen LogP contribution in [0.15, 0.2) is 35.0 Å². The van der Waals surface area contributed by atoms with Crippen molar-refractivity contribution in [2.75, 3.05) is 0 Å². The van der Waals surface area contributed by atoms with E-state index in [0.29, 0.717) is 10.5 Å². The van der Waals surface area contributed by atoms with Crippen LogP contribution in [0.3, 0.4) is 0 Å². The highest BCUT2D eigenvalue weighted by Crippen LogP contribution is 2.55. The third kappa shape index (κ3) is 13.8. The van der Waals surface area contributed by atoms with Gasteiger partial charge in [0.2, 0.25) is 0 Å². The summed E-state index contributed by atoms with van der Waals surface area (Å²) in [5.74, 6) is 0. The van der Waals surface area contributed by atoms with E-state index < -0.39 is 0 Å². The topological polar surface area (TPSA) is 0 Å². The van der Waals surface area contributed by atoms with Crippen LogP contribution in [0.25, 0.3) is 9.81 Å². The van der Waals surface area contributed by atoms with Crippen molar-refractivity contribution >= 4 is 56.0 Å². The fourth-order valence-corrected chi connectivity index (χ4v) is 12.3. The summed E-state index contributed by atoms with van der Waals surface area (Å²) in [6.45, 7) is 4.61. The lowest BCUT2D eigenvalue weighted by Gasteiger charge is -2.07. The van der Waals surface area contributed by atoms with Gasteiger partial charge >= 0.3 is 0 Å². The van der Waals surface area contributed by atoms with Crippen LogP contribution in [0.1, 0.15) is 189 Å². The summed E-state index contributed by atoms with van der Waals surface area (Å²) in [6, 6.07) is 4.83. The van der Waals surface area contributed by atoms with Crippen LogP contribution in [0.2, 0.25) is 0 Å². The van der Waals surface area contributed by atoms with Crippen LogP contribution in [-0.4, -0.2) is 10.5 Å². The minimum absolute atomic E-state index is 0.609. The van der Waals surface area contributed by atoms with E-state index in [0.717, 1.165) is 0 Å². The first-order valence-corrected chi connectivity index (χ1v) is 23.2. The fraction of sp³-hybridized carbons (Fsp3) is 0.714. The molecule has 46 heavy (non-hydrogen) atoms. The Labute approximate surface area is 301 Å². The molecule has 0 N–H and O–H groups in total. The molecule has 0 bridgehead atoms. The molecule has 0 saturated carbocycles. The first-order valence-electron chi connectivity index (χ1n) is 19.7. The first kappa shape index (κ1) is 38.4. The van der Waals surface area contributed by atoms with Crippen molar-refractivity contribution in [1.29, 1.82) is 0 Å². The summed E-state index contributed by atoms with van der Waals surface area (Å²) in [5, 5.41) is 5.89. The van der Waals surface area contributed by atoms with Crippen molar-refractivity contribution < 1.29 is 0 Å². The maximum Gasteiger partial charge on any atom is 0.0447 e. The molecule has 2 aliphatic rings. The Bertz CT molecular complexity index is 1030. The molecule has 2 atom stereocenters. The number of unbranched alkanes of at least 4 members (excludes halogenated alkanes) is 22. The van der Waals surface area contributed by atoms with Crippen LogP contribution >= 0.6 is 46.2 Å². The van der Waals surface area contributed by atoms with Gasteiger partial charge in [0, 0.05) is 30.1 Å². The third-order valence-electron chi connectivity index (χ3n) is 10.0. The van der Waals surface area contributed by atoms with Gasteiger partial charge in [0.1, 0.15) is 0 Å². The van der Waals surface area contributed by atoms with E-state index in [1.165, 1.54) is 167 Å². The summed E-state index contributed by atoms with van der Waals surface area (Å²) >= 11 is 8.22. The standard InChI is InChI=1S/C42H66S4/c1-3-5-7-9-11-13-15-17-19-21-23-25-27-35-29-31-43-41(35)39-33-37-38(45-39)34-40(46-37)42-36(30-32-44-42)28-26-24-22-20-18-16-14-12-10-8-6-4-2/h29-34,37-38H,3-28H2,1-2H3. The fourth-order valence-electron chi connectivity index (χ4n) is 7.13. The minimum Gasteiger partial charge on any atom is -0.143 e. The van der Waals surface area contributed by atoms with E-state index in [4.69, 9.17) is 0 Å².